The Kier molecular flexibility index (Phi) is 4.23. The van der Waals surface area contributed by atoms with E-state index in [1.54, 1.807) is 6.07 Å². The molecule has 0 saturated carbocycles. The van der Waals surface area contributed by atoms with Crippen LogP contribution in [0.15, 0.2) is 36.4 Å². The Morgan fingerprint density at radius 1 is 1.24 bits per heavy atom. The van der Waals surface area contributed by atoms with Gasteiger partial charge in [-0.3, -0.25) is 14.9 Å². The van der Waals surface area contributed by atoms with Gasteiger partial charge in [-0.05, 0) is 43.2 Å². The van der Waals surface area contributed by atoms with Gasteiger partial charge >= 0.3 is 0 Å². The van der Waals surface area contributed by atoms with E-state index in [0.717, 1.165) is 11.1 Å². The summed E-state index contributed by atoms with van der Waals surface area (Å²) in [5.41, 5.74) is 2.58. The zero-order valence-corrected chi connectivity index (χ0v) is 12.3. The highest BCUT2D eigenvalue weighted by atomic mass is 35.5. The summed E-state index contributed by atoms with van der Waals surface area (Å²) in [6.45, 7) is 3.84. The molecule has 0 heterocycles. The normalized spacial score (nSPS) is 10.2. The number of hydrogen-bond acceptors (Lipinski definition) is 3. The summed E-state index contributed by atoms with van der Waals surface area (Å²) in [5, 5.41) is 13.6. The Morgan fingerprint density at radius 2 is 1.95 bits per heavy atom. The smallest absolute Gasteiger partial charge is 0.288 e. The number of carbonyl (C=O) groups excluding carboxylic acids is 1. The number of nitrogens with one attached hydrogen (secondary N) is 1. The van der Waals surface area contributed by atoms with Crippen molar-refractivity contribution < 1.29 is 9.72 Å². The van der Waals surface area contributed by atoms with Crippen molar-refractivity contribution in [1.82, 2.24) is 0 Å². The molecule has 0 fully saturated rings. The average Bonchev–Trinajstić information content (AvgIpc) is 2.44. The number of nitro groups is 1. The lowest BCUT2D eigenvalue weighted by molar-refractivity contribution is -0.384. The maximum Gasteiger partial charge on any atom is 0.288 e. The van der Waals surface area contributed by atoms with E-state index in [1.807, 2.05) is 26.0 Å². The fourth-order valence-corrected chi connectivity index (χ4v) is 2.06. The third-order valence-corrected chi connectivity index (χ3v) is 3.58. The molecule has 0 aliphatic heterocycles. The van der Waals surface area contributed by atoms with Gasteiger partial charge in [0.2, 0.25) is 0 Å². The largest absolute Gasteiger partial charge is 0.322 e. The van der Waals surface area contributed by atoms with Gasteiger partial charge < -0.3 is 5.32 Å². The third-order valence-electron chi connectivity index (χ3n) is 3.26. The molecule has 108 valence electrons. The molecule has 0 radical (unpaired) electrons. The molecule has 2 aromatic carbocycles. The first kappa shape index (κ1) is 15.0. The van der Waals surface area contributed by atoms with Crippen molar-refractivity contribution in [3.8, 4) is 0 Å². The van der Waals surface area contributed by atoms with Gasteiger partial charge in [0, 0.05) is 17.3 Å². The number of nitrogens with zero attached hydrogens (tertiary/aromatic N) is 1. The summed E-state index contributed by atoms with van der Waals surface area (Å²) in [6.07, 6.45) is 0. The highest BCUT2D eigenvalue weighted by molar-refractivity contribution is 6.32. The van der Waals surface area contributed by atoms with Crippen molar-refractivity contribution in [2.24, 2.45) is 0 Å². The minimum absolute atomic E-state index is 0.00304. The molecule has 5 nitrogen and oxygen atoms in total. The molecule has 1 N–H and O–H groups in total. The topological polar surface area (TPSA) is 72.2 Å². The molecular formula is C15H13ClN2O3. The van der Waals surface area contributed by atoms with Crippen LogP contribution in [-0.4, -0.2) is 10.8 Å². The molecule has 2 rings (SSSR count). The number of halogens is 1. The van der Waals surface area contributed by atoms with Crippen LogP contribution in [0, 0.1) is 24.0 Å². The summed E-state index contributed by atoms with van der Waals surface area (Å²) < 4.78 is 0. The van der Waals surface area contributed by atoms with Crippen molar-refractivity contribution in [1.29, 1.82) is 0 Å². The highest BCUT2D eigenvalue weighted by Crippen LogP contribution is 2.26. The quantitative estimate of drug-likeness (QED) is 0.685. The highest BCUT2D eigenvalue weighted by Gasteiger charge is 2.16. The molecule has 0 aliphatic carbocycles. The summed E-state index contributed by atoms with van der Waals surface area (Å²) in [7, 11) is 0. The summed E-state index contributed by atoms with van der Waals surface area (Å²) in [5.74, 6) is -0.413. The number of carbonyl (C=O) groups is 1. The summed E-state index contributed by atoms with van der Waals surface area (Å²) in [4.78, 5) is 22.4. The SMILES string of the molecule is Cc1cccc(NC(=O)c2ccc(Cl)c([N+](=O)[O-])c2)c1C. The molecule has 0 aliphatic rings. The Morgan fingerprint density at radius 3 is 2.62 bits per heavy atom. The van der Waals surface area contributed by atoms with Crippen LogP contribution in [0.4, 0.5) is 11.4 Å². The standard InChI is InChI=1S/C15H13ClN2O3/c1-9-4-3-5-13(10(9)2)17-15(19)11-6-7-12(16)14(8-11)18(20)21/h3-8H,1-2H3,(H,17,19). The van der Waals surface area contributed by atoms with Crippen LogP contribution in [0.25, 0.3) is 0 Å². The fraction of sp³-hybridized carbons (Fsp3) is 0.133. The number of anilines is 1. The van der Waals surface area contributed by atoms with Gasteiger partial charge in [-0.15, -0.1) is 0 Å². The number of hydrogen-bond donors (Lipinski definition) is 1. The van der Waals surface area contributed by atoms with Gasteiger partial charge in [0.1, 0.15) is 5.02 Å². The second kappa shape index (κ2) is 5.93. The molecule has 21 heavy (non-hydrogen) atoms. The first-order chi connectivity index (χ1) is 9.90. The second-order valence-electron chi connectivity index (χ2n) is 4.62. The van der Waals surface area contributed by atoms with E-state index in [4.69, 9.17) is 11.6 Å². The van der Waals surface area contributed by atoms with E-state index in [2.05, 4.69) is 5.32 Å². The minimum Gasteiger partial charge on any atom is -0.322 e. The fourth-order valence-electron chi connectivity index (χ4n) is 1.87. The third kappa shape index (κ3) is 3.20. The summed E-state index contributed by atoms with van der Waals surface area (Å²) >= 11 is 5.73. The molecule has 6 heteroatoms. The molecule has 0 spiro atoms. The van der Waals surface area contributed by atoms with Crippen molar-refractivity contribution >= 4 is 28.9 Å². The number of benzene rings is 2. The van der Waals surface area contributed by atoms with Crippen molar-refractivity contribution in [3.63, 3.8) is 0 Å². The summed E-state index contributed by atoms with van der Waals surface area (Å²) in [6, 6.07) is 9.53. The Hall–Kier alpha value is -2.40. The Labute approximate surface area is 126 Å². The molecule has 0 unspecified atom stereocenters. The van der Waals surface area contributed by atoms with Crippen LogP contribution in [-0.2, 0) is 0 Å². The maximum absolute atomic E-state index is 12.2. The van der Waals surface area contributed by atoms with Crippen LogP contribution < -0.4 is 5.32 Å². The molecular weight excluding hydrogens is 292 g/mol. The maximum atomic E-state index is 12.2. The van der Waals surface area contributed by atoms with Gasteiger partial charge in [-0.25, -0.2) is 0 Å². The molecule has 0 saturated heterocycles. The van der Waals surface area contributed by atoms with Gasteiger partial charge in [0.25, 0.3) is 11.6 Å². The van der Waals surface area contributed by atoms with Crippen molar-refractivity contribution in [2.45, 2.75) is 13.8 Å². The van der Waals surface area contributed by atoms with Gasteiger partial charge in [0.05, 0.1) is 4.92 Å². The van der Waals surface area contributed by atoms with Crippen LogP contribution in [0.3, 0.4) is 0 Å². The van der Waals surface area contributed by atoms with Crippen LogP contribution >= 0.6 is 11.6 Å². The number of nitro benzene ring substituents is 1. The first-order valence-corrected chi connectivity index (χ1v) is 6.59. The lowest BCUT2D eigenvalue weighted by Gasteiger charge is -2.10. The average molecular weight is 305 g/mol. The predicted molar refractivity (Wildman–Crippen MR) is 82.0 cm³/mol. The van der Waals surface area contributed by atoms with Gasteiger partial charge in [-0.1, -0.05) is 23.7 Å². The Bertz CT molecular complexity index is 729. The van der Waals surface area contributed by atoms with E-state index in [-0.39, 0.29) is 16.3 Å². The zero-order chi connectivity index (χ0) is 15.6. The Balaban J connectivity index is 2.31. The lowest BCUT2D eigenvalue weighted by atomic mass is 10.1. The van der Waals surface area contributed by atoms with E-state index in [9.17, 15) is 14.9 Å². The van der Waals surface area contributed by atoms with E-state index < -0.39 is 10.8 Å². The van der Waals surface area contributed by atoms with Crippen LogP contribution in [0.5, 0.6) is 0 Å². The van der Waals surface area contributed by atoms with Gasteiger partial charge in [0.15, 0.2) is 0 Å². The number of rotatable bonds is 3. The molecule has 0 bridgehead atoms. The minimum atomic E-state index is -0.614. The lowest BCUT2D eigenvalue weighted by Crippen LogP contribution is -2.13. The zero-order valence-electron chi connectivity index (χ0n) is 11.5. The number of amides is 1. The van der Waals surface area contributed by atoms with Crippen LogP contribution in [0.1, 0.15) is 21.5 Å². The van der Waals surface area contributed by atoms with Crippen molar-refractivity contribution in [3.05, 3.63) is 68.2 Å². The second-order valence-corrected chi connectivity index (χ2v) is 5.03. The molecule has 0 aromatic heterocycles. The van der Waals surface area contributed by atoms with Crippen LogP contribution in [0.2, 0.25) is 5.02 Å². The molecule has 0 atom stereocenters. The van der Waals surface area contributed by atoms with E-state index in [0.29, 0.717) is 5.69 Å². The number of aryl methyl sites for hydroxylation is 1. The van der Waals surface area contributed by atoms with Gasteiger partial charge in [-0.2, -0.15) is 0 Å². The monoisotopic (exact) mass is 304 g/mol. The van der Waals surface area contributed by atoms with E-state index in [1.165, 1.54) is 18.2 Å². The van der Waals surface area contributed by atoms with E-state index >= 15 is 0 Å². The predicted octanol–water partition coefficient (Wildman–Crippen LogP) is 4.12. The first-order valence-electron chi connectivity index (χ1n) is 6.21. The van der Waals surface area contributed by atoms with Crippen molar-refractivity contribution in [2.75, 3.05) is 5.32 Å². The molecule has 2 aromatic rings. The molecule has 1 amide bonds.